The minimum absolute atomic E-state index is 0.0154. The highest BCUT2D eigenvalue weighted by Crippen LogP contribution is 2.28. The topological polar surface area (TPSA) is 33.2 Å². The zero-order valence-corrected chi connectivity index (χ0v) is 14.2. The summed E-state index contributed by atoms with van der Waals surface area (Å²) in [7, 11) is 0. The molecule has 0 spiro atoms. The standard InChI is InChI=1S/C17H19ClN2OS/c1-12-15(6-5-14-3-2-4-16(12)14)10-20(17(21)7-18)9-13-8-19-22-11-13/h5-6,8,11H,2-4,7,9-10H2,1H3. The molecule has 0 aliphatic heterocycles. The van der Waals surface area contributed by atoms with Gasteiger partial charge >= 0.3 is 0 Å². The third-order valence-electron chi connectivity index (χ3n) is 4.37. The highest BCUT2D eigenvalue weighted by Gasteiger charge is 2.19. The second-order valence-corrected chi connectivity index (χ2v) is 6.68. The summed E-state index contributed by atoms with van der Waals surface area (Å²) in [4.78, 5) is 14.0. The Hall–Kier alpha value is -1.39. The number of aryl methyl sites for hydroxylation is 1. The summed E-state index contributed by atoms with van der Waals surface area (Å²) in [6, 6.07) is 4.39. The first-order valence-electron chi connectivity index (χ1n) is 7.51. The molecule has 0 bridgehead atoms. The number of benzene rings is 1. The molecule has 0 fully saturated rings. The zero-order valence-electron chi connectivity index (χ0n) is 12.6. The molecule has 1 aliphatic carbocycles. The van der Waals surface area contributed by atoms with Crippen LogP contribution in [0.2, 0.25) is 0 Å². The molecule has 1 aromatic carbocycles. The number of carbonyl (C=O) groups is 1. The summed E-state index contributed by atoms with van der Waals surface area (Å²) < 4.78 is 4.10. The van der Waals surface area contributed by atoms with Crippen LogP contribution in [0.25, 0.3) is 0 Å². The number of fused-ring (bicyclic) bond motifs is 1. The van der Waals surface area contributed by atoms with Gasteiger partial charge in [-0.05, 0) is 60.0 Å². The van der Waals surface area contributed by atoms with E-state index in [0.717, 1.165) is 12.0 Å². The van der Waals surface area contributed by atoms with Crippen LogP contribution < -0.4 is 0 Å². The number of hydrogen-bond acceptors (Lipinski definition) is 3. The average molecular weight is 335 g/mol. The molecule has 0 saturated carbocycles. The summed E-state index contributed by atoms with van der Waals surface area (Å²) in [5, 5.41) is 1.98. The van der Waals surface area contributed by atoms with Gasteiger partial charge in [0, 0.05) is 30.2 Å². The largest absolute Gasteiger partial charge is 0.333 e. The van der Waals surface area contributed by atoms with Crippen LogP contribution in [0, 0.1) is 6.92 Å². The molecule has 1 heterocycles. The lowest BCUT2D eigenvalue weighted by atomic mass is 9.98. The second kappa shape index (κ2) is 6.80. The molecule has 116 valence electrons. The highest BCUT2D eigenvalue weighted by atomic mass is 35.5. The van der Waals surface area contributed by atoms with E-state index in [1.54, 1.807) is 0 Å². The number of aromatic nitrogens is 1. The van der Waals surface area contributed by atoms with Crippen LogP contribution in [0.3, 0.4) is 0 Å². The van der Waals surface area contributed by atoms with Gasteiger partial charge in [-0.25, -0.2) is 4.37 Å². The molecule has 3 rings (SSSR count). The van der Waals surface area contributed by atoms with Crippen molar-refractivity contribution >= 4 is 29.0 Å². The van der Waals surface area contributed by atoms with Crippen molar-refractivity contribution in [3.63, 3.8) is 0 Å². The monoisotopic (exact) mass is 334 g/mol. The van der Waals surface area contributed by atoms with E-state index in [1.165, 1.54) is 46.6 Å². The van der Waals surface area contributed by atoms with Gasteiger partial charge in [-0.1, -0.05) is 12.1 Å². The van der Waals surface area contributed by atoms with Gasteiger partial charge in [0.25, 0.3) is 0 Å². The van der Waals surface area contributed by atoms with Crippen LogP contribution in [0.5, 0.6) is 0 Å². The van der Waals surface area contributed by atoms with Crippen molar-refractivity contribution in [2.75, 3.05) is 5.88 Å². The molecule has 0 N–H and O–H groups in total. The molecule has 0 unspecified atom stereocenters. The fourth-order valence-corrected chi connectivity index (χ4v) is 3.82. The smallest absolute Gasteiger partial charge is 0.238 e. The Morgan fingerprint density at radius 1 is 1.36 bits per heavy atom. The van der Waals surface area contributed by atoms with Gasteiger partial charge in [0.2, 0.25) is 5.91 Å². The van der Waals surface area contributed by atoms with Crippen molar-refractivity contribution in [1.82, 2.24) is 9.27 Å². The number of hydrogen-bond donors (Lipinski definition) is 0. The van der Waals surface area contributed by atoms with Crippen molar-refractivity contribution in [1.29, 1.82) is 0 Å². The number of alkyl halides is 1. The number of halogens is 1. The van der Waals surface area contributed by atoms with Gasteiger partial charge in [0.1, 0.15) is 5.88 Å². The Kier molecular flexibility index (Phi) is 4.79. The lowest BCUT2D eigenvalue weighted by molar-refractivity contribution is -0.129. The molecule has 1 aliphatic rings. The second-order valence-electron chi connectivity index (χ2n) is 5.76. The lowest BCUT2D eigenvalue weighted by Gasteiger charge is -2.23. The fourth-order valence-electron chi connectivity index (χ4n) is 3.12. The molecule has 1 aromatic heterocycles. The quantitative estimate of drug-likeness (QED) is 0.781. The molecule has 0 radical (unpaired) electrons. The molecule has 1 amide bonds. The maximum absolute atomic E-state index is 12.2. The highest BCUT2D eigenvalue weighted by molar-refractivity contribution is 7.03. The van der Waals surface area contributed by atoms with E-state index in [-0.39, 0.29) is 11.8 Å². The third-order valence-corrected chi connectivity index (χ3v) is 5.23. The van der Waals surface area contributed by atoms with E-state index >= 15 is 0 Å². The van der Waals surface area contributed by atoms with Gasteiger partial charge < -0.3 is 4.90 Å². The first-order chi connectivity index (χ1) is 10.7. The molecular weight excluding hydrogens is 316 g/mol. The van der Waals surface area contributed by atoms with E-state index in [2.05, 4.69) is 23.4 Å². The summed E-state index contributed by atoms with van der Waals surface area (Å²) >= 11 is 7.19. The van der Waals surface area contributed by atoms with Crippen LogP contribution in [0.15, 0.2) is 23.7 Å². The molecule has 22 heavy (non-hydrogen) atoms. The molecule has 0 saturated heterocycles. The van der Waals surface area contributed by atoms with Gasteiger partial charge in [-0.3, -0.25) is 4.79 Å². The van der Waals surface area contributed by atoms with Crippen LogP contribution in [0.1, 0.15) is 34.2 Å². The van der Waals surface area contributed by atoms with Crippen molar-refractivity contribution in [2.24, 2.45) is 0 Å². The van der Waals surface area contributed by atoms with Crippen LogP contribution in [-0.4, -0.2) is 21.1 Å². The fraction of sp³-hybridized carbons (Fsp3) is 0.412. The van der Waals surface area contributed by atoms with Crippen molar-refractivity contribution in [3.8, 4) is 0 Å². The Balaban J connectivity index is 1.83. The van der Waals surface area contributed by atoms with Gasteiger partial charge in [0.15, 0.2) is 0 Å². The van der Waals surface area contributed by atoms with Gasteiger partial charge in [-0.15, -0.1) is 11.6 Å². The Bertz CT molecular complexity index is 670. The lowest BCUT2D eigenvalue weighted by Crippen LogP contribution is -2.31. The summed E-state index contributed by atoms with van der Waals surface area (Å²) in [5.74, 6) is -0.0190. The van der Waals surface area contributed by atoms with E-state index in [0.29, 0.717) is 13.1 Å². The predicted octanol–water partition coefficient (Wildman–Crippen LogP) is 3.71. The van der Waals surface area contributed by atoms with Crippen LogP contribution in [-0.2, 0) is 30.7 Å². The first-order valence-corrected chi connectivity index (χ1v) is 8.88. The Morgan fingerprint density at radius 3 is 2.95 bits per heavy atom. The van der Waals surface area contributed by atoms with E-state index in [9.17, 15) is 4.79 Å². The number of rotatable bonds is 5. The molecule has 3 nitrogen and oxygen atoms in total. The number of nitrogens with zero attached hydrogens (tertiary/aromatic N) is 2. The van der Waals surface area contributed by atoms with Crippen LogP contribution >= 0.6 is 23.1 Å². The summed E-state index contributed by atoms with van der Waals surface area (Å²) in [6.45, 7) is 3.36. The summed E-state index contributed by atoms with van der Waals surface area (Å²) in [6.07, 6.45) is 5.40. The molecule has 2 aromatic rings. The number of amides is 1. The minimum atomic E-state index is -0.0345. The van der Waals surface area contributed by atoms with E-state index in [4.69, 9.17) is 11.6 Å². The minimum Gasteiger partial charge on any atom is -0.333 e. The Morgan fingerprint density at radius 2 is 2.23 bits per heavy atom. The SMILES string of the molecule is Cc1c(CN(Cc2cnsc2)C(=O)CCl)ccc2c1CCC2. The van der Waals surface area contributed by atoms with Gasteiger partial charge in [0.05, 0.1) is 0 Å². The first kappa shape index (κ1) is 15.5. The van der Waals surface area contributed by atoms with E-state index in [1.807, 2.05) is 16.5 Å². The predicted molar refractivity (Wildman–Crippen MR) is 90.3 cm³/mol. The summed E-state index contributed by atoms with van der Waals surface area (Å²) in [5.41, 5.74) is 6.57. The maximum Gasteiger partial charge on any atom is 0.238 e. The number of carbonyl (C=O) groups excluding carboxylic acids is 1. The maximum atomic E-state index is 12.2. The van der Waals surface area contributed by atoms with Gasteiger partial charge in [-0.2, -0.15) is 0 Å². The normalized spacial score (nSPS) is 13.2. The van der Waals surface area contributed by atoms with Crippen molar-refractivity contribution in [3.05, 3.63) is 51.5 Å². The molecule has 0 atom stereocenters. The Labute approximate surface area is 140 Å². The molecule has 5 heteroatoms. The van der Waals surface area contributed by atoms with Crippen LogP contribution in [0.4, 0.5) is 0 Å². The van der Waals surface area contributed by atoms with Crippen molar-refractivity contribution in [2.45, 2.75) is 39.3 Å². The zero-order chi connectivity index (χ0) is 15.5. The van der Waals surface area contributed by atoms with Crippen molar-refractivity contribution < 1.29 is 4.79 Å². The van der Waals surface area contributed by atoms with E-state index < -0.39 is 0 Å². The average Bonchev–Trinajstić information content (AvgIpc) is 3.19. The molecular formula is C17H19ClN2OS. The third kappa shape index (κ3) is 3.18.